The van der Waals surface area contributed by atoms with Crippen molar-refractivity contribution in [3.05, 3.63) is 71.8 Å². The van der Waals surface area contributed by atoms with Gasteiger partial charge >= 0.3 is 0 Å². The first-order valence-electron chi connectivity index (χ1n) is 7.69. The molecule has 0 amide bonds. The van der Waals surface area contributed by atoms with Crippen LogP contribution in [-0.2, 0) is 4.74 Å². The van der Waals surface area contributed by atoms with Crippen LogP contribution in [0.15, 0.2) is 60.7 Å². The first kappa shape index (κ1) is 17.5. The number of nitrogens with zero attached hydrogens (tertiary/aromatic N) is 1. The maximum absolute atomic E-state index is 13.0. The molecule has 2 aromatic rings. The molecule has 2 aromatic carbocycles. The number of hydrogen-bond donors (Lipinski definition) is 0. The largest absolute Gasteiger partial charge is 0.366 e. The summed E-state index contributed by atoms with van der Waals surface area (Å²) in [4.78, 5) is 13.0. The lowest BCUT2D eigenvalue weighted by atomic mass is 9.78. The van der Waals surface area contributed by atoms with Crippen molar-refractivity contribution in [1.82, 2.24) is 0 Å². The van der Waals surface area contributed by atoms with Gasteiger partial charge in [-0.05, 0) is 19.1 Å². The Morgan fingerprint density at radius 1 is 1.12 bits per heavy atom. The van der Waals surface area contributed by atoms with Gasteiger partial charge in [0.1, 0.15) is 6.10 Å². The number of Topliss-reactive ketones (excluding diaryl/α,β-unsaturated/α-hetero) is 1. The lowest BCUT2D eigenvalue weighted by Gasteiger charge is -2.24. The lowest BCUT2D eigenvalue weighted by Crippen LogP contribution is -2.31. The molecule has 0 radical (unpaired) electrons. The van der Waals surface area contributed by atoms with Crippen molar-refractivity contribution in [3.8, 4) is 17.9 Å². The molecule has 0 aromatic heterocycles. The fourth-order valence-corrected chi connectivity index (χ4v) is 2.39. The van der Waals surface area contributed by atoms with Crippen molar-refractivity contribution in [2.24, 2.45) is 5.41 Å². The van der Waals surface area contributed by atoms with E-state index in [1.165, 1.54) is 7.11 Å². The Morgan fingerprint density at radius 2 is 1.71 bits per heavy atom. The minimum atomic E-state index is -1.01. The summed E-state index contributed by atoms with van der Waals surface area (Å²) in [5, 5.41) is 9.19. The standard InChI is InChI=1S/C21H19NO2/c1-21(15-19(16-22)24-2,14-13-17-9-5-3-6-10-17)20(23)18-11-7-4-8-12-18/h3-12,19H,15H2,1-2H3. The maximum Gasteiger partial charge on any atom is 0.180 e. The van der Waals surface area contributed by atoms with Crippen molar-refractivity contribution in [2.75, 3.05) is 7.11 Å². The highest BCUT2D eigenvalue weighted by Gasteiger charge is 2.35. The zero-order valence-electron chi connectivity index (χ0n) is 13.8. The van der Waals surface area contributed by atoms with Gasteiger partial charge in [-0.25, -0.2) is 0 Å². The molecule has 2 unspecified atom stereocenters. The van der Waals surface area contributed by atoms with Gasteiger partial charge in [-0.1, -0.05) is 60.4 Å². The van der Waals surface area contributed by atoms with Crippen LogP contribution >= 0.6 is 0 Å². The minimum Gasteiger partial charge on any atom is -0.366 e. The first-order chi connectivity index (χ1) is 11.6. The zero-order valence-corrected chi connectivity index (χ0v) is 13.8. The lowest BCUT2D eigenvalue weighted by molar-refractivity contribution is 0.0749. The Balaban J connectivity index is 2.40. The Hall–Kier alpha value is -2.88. The van der Waals surface area contributed by atoms with Gasteiger partial charge in [0.05, 0.1) is 11.5 Å². The number of ketones is 1. The van der Waals surface area contributed by atoms with Crippen LogP contribution in [0, 0.1) is 28.6 Å². The van der Waals surface area contributed by atoms with E-state index in [9.17, 15) is 10.1 Å². The van der Waals surface area contributed by atoms with Crippen LogP contribution < -0.4 is 0 Å². The smallest absolute Gasteiger partial charge is 0.180 e. The van der Waals surface area contributed by atoms with Gasteiger partial charge in [-0.15, -0.1) is 0 Å². The van der Waals surface area contributed by atoms with E-state index in [1.807, 2.05) is 48.5 Å². The fourth-order valence-electron chi connectivity index (χ4n) is 2.39. The number of benzene rings is 2. The summed E-state index contributed by atoms with van der Waals surface area (Å²) in [5.41, 5.74) is 0.402. The molecule has 0 bridgehead atoms. The predicted molar refractivity (Wildman–Crippen MR) is 93.2 cm³/mol. The molecule has 2 atom stereocenters. The Kier molecular flexibility index (Phi) is 5.90. The molecule has 0 aliphatic carbocycles. The molecule has 0 saturated carbocycles. The molecule has 3 heteroatoms. The summed E-state index contributed by atoms with van der Waals surface area (Å²) in [5.74, 6) is 6.03. The van der Waals surface area contributed by atoms with Crippen molar-refractivity contribution in [2.45, 2.75) is 19.4 Å². The number of hydrogen-bond acceptors (Lipinski definition) is 3. The summed E-state index contributed by atoms with van der Waals surface area (Å²) >= 11 is 0. The number of methoxy groups -OCH3 is 1. The quantitative estimate of drug-likeness (QED) is 0.621. The zero-order chi connectivity index (χ0) is 17.4. The van der Waals surface area contributed by atoms with Gasteiger partial charge in [-0.3, -0.25) is 4.79 Å². The second-order valence-electron chi connectivity index (χ2n) is 5.70. The monoisotopic (exact) mass is 317 g/mol. The molecule has 0 N–H and O–H groups in total. The molecule has 24 heavy (non-hydrogen) atoms. The number of carbonyl (C=O) groups is 1. The van der Waals surface area contributed by atoms with Crippen molar-refractivity contribution < 1.29 is 9.53 Å². The summed E-state index contributed by atoms with van der Waals surface area (Å²) in [6, 6.07) is 20.6. The SMILES string of the molecule is COC(C#N)CC(C)(C#Cc1ccccc1)C(=O)c1ccccc1. The molecule has 0 saturated heterocycles. The van der Waals surface area contributed by atoms with Crippen molar-refractivity contribution in [1.29, 1.82) is 5.26 Å². The second kappa shape index (κ2) is 8.11. The van der Waals surface area contributed by atoms with E-state index in [4.69, 9.17) is 4.74 Å². The van der Waals surface area contributed by atoms with Crippen LogP contribution in [0.4, 0.5) is 0 Å². The highest BCUT2D eigenvalue weighted by atomic mass is 16.5. The number of carbonyl (C=O) groups excluding carboxylic acids is 1. The first-order valence-corrected chi connectivity index (χ1v) is 7.69. The molecule has 3 nitrogen and oxygen atoms in total. The van der Waals surface area contributed by atoms with E-state index >= 15 is 0 Å². The van der Waals surface area contributed by atoms with Crippen molar-refractivity contribution in [3.63, 3.8) is 0 Å². The van der Waals surface area contributed by atoms with E-state index in [2.05, 4.69) is 17.9 Å². The molecule has 0 heterocycles. The van der Waals surface area contributed by atoms with Gasteiger partial charge in [0, 0.05) is 24.7 Å². The van der Waals surface area contributed by atoms with Crippen molar-refractivity contribution >= 4 is 5.78 Å². The highest BCUT2D eigenvalue weighted by Crippen LogP contribution is 2.28. The molecular weight excluding hydrogens is 298 g/mol. The third kappa shape index (κ3) is 4.32. The van der Waals surface area contributed by atoms with Gasteiger partial charge in [0.25, 0.3) is 0 Å². The molecule has 2 rings (SSSR count). The van der Waals surface area contributed by atoms with Gasteiger partial charge in [0.15, 0.2) is 5.78 Å². The van der Waals surface area contributed by atoms with E-state index in [0.29, 0.717) is 5.56 Å². The number of ether oxygens (including phenoxy) is 1. The third-order valence-corrected chi connectivity index (χ3v) is 3.82. The Morgan fingerprint density at radius 3 is 2.25 bits per heavy atom. The number of rotatable bonds is 5. The summed E-state index contributed by atoms with van der Waals surface area (Å²) in [7, 11) is 1.46. The van der Waals surface area contributed by atoms with Crippen LogP contribution in [0.3, 0.4) is 0 Å². The number of nitriles is 1. The van der Waals surface area contributed by atoms with E-state index < -0.39 is 11.5 Å². The maximum atomic E-state index is 13.0. The summed E-state index contributed by atoms with van der Waals surface area (Å²) < 4.78 is 5.15. The summed E-state index contributed by atoms with van der Waals surface area (Å²) in [6.07, 6.45) is -0.471. The third-order valence-electron chi connectivity index (χ3n) is 3.82. The molecule has 120 valence electrons. The summed E-state index contributed by atoms with van der Waals surface area (Å²) in [6.45, 7) is 1.77. The normalized spacial score (nSPS) is 13.7. The second-order valence-corrected chi connectivity index (χ2v) is 5.70. The Bertz CT molecular complexity index is 781. The average molecular weight is 317 g/mol. The van der Waals surface area contributed by atoms with Gasteiger partial charge in [-0.2, -0.15) is 5.26 Å². The predicted octanol–water partition coefficient (Wildman–Crippen LogP) is 3.86. The van der Waals surface area contributed by atoms with Crippen LogP contribution in [0.25, 0.3) is 0 Å². The minimum absolute atomic E-state index is 0.108. The Labute approximate surface area is 142 Å². The van der Waals surface area contributed by atoms with Crippen LogP contribution in [0.5, 0.6) is 0 Å². The van der Waals surface area contributed by atoms with Crippen LogP contribution in [0.2, 0.25) is 0 Å². The van der Waals surface area contributed by atoms with E-state index in [-0.39, 0.29) is 12.2 Å². The van der Waals surface area contributed by atoms with Gasteiger partial charge < -0.3 is 4.74 Å². The molecule has 0 aliphatic heterocycles. The van der Waals surface area contributed by atoms with Crippen LogP contribution in [0.1, 0.15) is 29.3 Å². The molecule has 0 fully saturated rings. The molecular formula is C21H19NO2. The fraction of sp³-hybridized carbons (Fsp3) is 0.238. The highest BCUT2D eigenvalue weighted by molar-refractivity contribution is 6.02. The van der Waals surface area contributed by atoms with E-state index in [1.54, 1.807) is 19.1 Å². The van der Waals surface area contributed by atoms with Crippen LogP contribution in [-0.4, -0.2) is 19.0 Å². The molecule has 0 spiro atoms. The molecule has 0 aliphatic rings. The topological polar surface area (TPSA) is 50.1 Å². The van der Waals surface area contributed by atoms with Gasteiger partial charge in [0.2, 0.25) is 0 Å². The van der Waals surface area contributed by atoms with E-state index in [0.717, 1.165) is 5.56 Å². The average Bonchev–Trinajstić information content (AvgIpc) is 2.65.